The lowest BCUT2D eigenvalue weighted by molar-refractivity contribution is -0.407. The number of alkyl halides is 1. The molecule has 0 aromatic rings. The van der Waals surface area contributed by atoms with E-state index < -0.39 is 5.97 Å². The van der Waals surface area contributed by atoms with Crippen molar-refractivity contribution < 1.29 is 14.2 Å². The van der Waals surface area contributed by atoms with Gasteiger partial charge in [-0.25, -0.2) is 0 Å². The minimum absolute atomic E-state index is 0.248. The Morgan fingerprint density at radius 1 is 0.552 bits per heavy atom. The summed E-state index contributed by atoms with van der Waals surface area (Å²) in [5, 5.41) is 0. The molecule has 0 radical (unpaired) electrons. The van der Waals surface area contributed by atoms with Gasteiger partial charge in [0, 0.05) is 11.8 Å². The Morgan fingerprint density at radius 3 is 1.41 bits per heavy atom. The van der Waals surface area contributed by atoms with Crippen LogP contribution < -0.4 is 0 Å². The molecular weight excluding hydrogens is 384 g/mol. The number of hydrogen-bond donors (Lipinski definition) is 0. The van der Waals surface area contributed by atoms with Crippen LogP contribution in [0.15, 0.2) is 0 Å². The van der Waals surface area contributed by atoms with Crippen molar-refractivity contribution in [3.05, 3.63) is 0 Å². The maximum atomic E-state index is 6.43. The Kier molecular flexibility index (Phi) is 21.5. The molecule has 0 aliphatic carbocycles. The summed E-state index contributed by atoms with van der Waals surface area (Å²) in [4.78, 5) is 0. The molecule has 0 N–H and O–H groups in total. The molecule has 29 heavy (non-hydrogen) atoms. The van der Waals surface area contributed by atoms with Gasteiger partial charge in [-0.3, -0.25) is 0 Å². The van der Waals surface area contributed by atoms with Crippen LogP contribution in [0.3, 0.4) is 0 Å². The van der Waals surface area contributed by atoms with Gasteiger partial charge in [0.25, 0.3) is 5.97 Å². The summed E-state index contributed by atoms with van der Waals surface area (Å²) >= 11 is 6.07. The van der Waals surface area contributed by atoms with Gasteiger partial charge in [-0.1, -0.05) is 85.5 Å². The van der Waals surface area contributed by atoms with E-state index in [4.69, 9.17) is 25.8 Å². The van der Waals surface area contributed by atoms with E-state index >= 15 is 0 Å². The zero-order valence-corrected chi connectivity index (χ0v) is 20.9. The number of ether oxygens (including phenoxy) is 3. The summed E-state index contributed by atoms with van der Waals surface area (Å²) in [6, 6.07) is 0. The first-order valence-electron chi connectivity index (χ1n) is 12.7. The average Bonchev–Trinajstić information content (AvgIpc) is 2.73. The van der Waals surface area contributed by atoms with Crippen molar-refractivity contribution in [3.8, 4) is 0 Å². The molecule has 0 aromatic heterocycles. The third kappa shape index (κ3) is 14.7. The molecule has 0 amide bonds. The van der Waals surface area contributed by atoms with Crippen molar-refractivity contribution in [3.63, 3.8) is 0 Å². The predicted octanol–water partition coefficient (Wildman–Crippen LogP) is 8.48. The fraction of sp³-hybridized carbons (Fsp3) is 1.00. The van der Waals surface area contributed by atoms with Gasteiger partial charge in [-0.2, -0.15) is 0 Å². The van der Waals surface area contributed by atoms with Crippen molar-refractivity contribution in [2.45, 2.75) is 130 Å². The van der Waals surface area contributed by atoms with Crippen LogP contribution in [0.2, 0.25) is 0 Å². The molecule has 0 heterocycles. The fourth-order valence-corrected chi connectivity index (χ4v) is 3.70. The minimum atomic E-state index is -0.894. The third-order valence-corrected chi connectivity index (χ3v) is 5.76. The van der Waals surface area contributed by atoms with Crippen LogP contribution in [0.1, 0.15) is 124 Å². The van der Waals surface area contributed by atoms with E-state index in [2.05, 4.69) is 27.7 Å². The van der Waals surface area contributed by atoms with E-state index in [1.54, 1.807) is 0 Å². The van der Waals surface area contributed by atoms with Crippen LogP contribution in [-0.2, 0) is 14.2 Å². The maximum Gasteiger partial charge on any atom is 0.285 e. The largest absolute Gasteiger partial charge is 0.327 e. The van der Waals surface area contributed by atoms with Gasteiger partial charge >= 0.3 is 0 Å². The van der Waals surface area contributed by atoms with E-state index in [1.807, 2.05) is 0 Å². The van der Waals surface area contributed by atoms with Crippen molar-refractivity contribution in [1.29, 1.82) is 0 Å². The van der Waals surface area contributed by atoms with E-state index in [-0.39, 0.29) is 5.92 Å². The van der Waals surface area contributed by atoms with Crippen LogP contribution in [-0.4, -0.2) is 31.7 Å². The molecule has 176 valence electrons. The molecule has 0 saturated carbocycles. The fourth-order valence-electron chi connectivity index (χ4n) is 3.55. The van der Waals surface area contributed by atoms with Gasteiger partial charge in [0.1, 0.15) is 0 Å². The van der Waals surface area contributed by atoms with Crippen LogP contribution in [0, 0.1) is 5.92 Å². The maximum absolute atomic E-state index is 6.43. The molecule has 0 aliphatic rings. The quantitative estimate of drug-likeness (QED) is 0.0916. The Bertz CT molecular complexity index is 299. The lowest BCUT2D eigenvalue weighted by atomic mass is 9.93. The highest BCUT2D eigenvalue weighted by atomic mass is 35.5. The molecule has 0 aliphatic heterocycles. The highest BCUT2D eigenvalue weighted by Crippen LogP contribution is 2.35. The van der Waals surface area contributed by atoms with Crippen molar-refractivity contribution >= 4 is 11.6 Å². The Labute approximate surface area is 187 Å². The van der Waals surface area contributed by atoms with Crippen molar-refractivity contribution in [1.82, 2.24) is 0 Å². The smallest absolute Gasteiger partial charge is 0.285 e. The van der Waals surface area contributed by atoms with E-state index in [1.165, 1.54) is 38.5 Å². The summed E-state index contributed by atoms with van der Waals surface area (Å²) in [5.41, 5.74) is 0. The molecule has 0 spiro atoms. The van der Waals surface area contributed by atoms with E-state index in [9.17, 15) is 0 Å². The lowest BCUT2D eigenvalue weighted by Crippen LogP contribution is -2.47. The third-order valence-electron chi connectivity index (χ3n) is 5.50. The summed E-state index contributed by atoms with van der Waals surface area (Å²) in [5.74, 6) is 0.0368. The van der Waals surface area contributed by atoms with Crippen LogP contribution in [0.5, 0.6) is 0 Å². The summed E-state index contributed by atoms with van der Waals surface area (Å²) in [7, 11) is 0. The molecular formula is C25H51ClO3. The molecule has 0 bridgehead atoms. The standard InChI is InChI=1S/C25H51ClO3/c1-5-9-13-14-15-16-18-24(19-17-20-26)25(27-21-10-6-2,28-22-11-7-3)29-23-12-8-4/h24H,5-23H2,1-4H3. The zero-order valence-electron chi connectivity index (χ0n) is 20.1. The van der Waals surface area contributed by atoms with Crippen LogP contribution in [0.25, 0.3) is 0 Å². The SMILES string of the molecule is CCCCCCCCC(CCCCl)C(OCCCC)(OCCCC)OCCCC. The van der Waals surface area contributed by atoms with Gasteiger partial charge in [-0.05, 0) is 38.5 Å². The second-order valence-corrected chi connectivity index (χ2v) is 8.67. The number of hydrogen-bond acceptors (Lipinski definition) is 3. The van der Waals surface area contributed by atoms with Gasteiger partial charge in [-0.15, -0.1) is 11.6 Å². The van der Waals surface area contributed by atoms with Gasteiger partial charge in [0.15, 0.2) is 0 Å². The van der Waals surface area contributed by atoms with Gasteiger partial charge in [0.2, 0.25) is 0 Å². The van der Waals surface area contributed by atoms with Crippen LogP contribution in [0.4, 0.5) is 0 Å². The Morgan fingerprint density at radius 2 is 0.966 bits per heavy atom. The summed E-state index contributed by atoms with van der Waals surface area (Å²) in [6.07, 6.45) is 17.3. The normalized spacial score (nSPS) is 13.1. The molecule has 0 aromatic carbocycles. The molecule has 0 rings (SSSR count). The predicted molar refractivity (Wildman–Crippen MR) is 127 cm³/mol. The first kappa shape index (κ1) is 29.2. The molecule has 1 atom stereocenters. The molecule has 4 heteroatoms. The Hall–Kier alpha value is 0.170. The van der Waals surface area contributed by atoms with Gasteiger partial charge < -0.3 is 14.2 Å². The first-order chi connectivity index (χ1) is 14.2. The summed E-state index contributed by atoms with van der Waals surface area (Å²) < 4.78 is 19.3. The zero-order chi connectivity index (χ0) is 21.6. The number of halogens is 1. The van der Waals surface area contributed by atoms with Gasteiger partial charge in [0.05, 0.1) is 19.8 Å². The molecule has 0 saturated heterocycles. The Balaban J connectivity index is 5.18. The van der Waals surface area contributed by atoms with Crippen molar-refractivity contribution in [2.24, 2.45) is 5.92 Å². The molecule has 1 unspecified atom stereocenters. The first-order valence-corrected chi connectivity index (χ1v) is 13.2. The molecule has 3 nitrogen and oxygen atoms in total. The highest BCUT2D eigenvalue weighted by Gasteiger charge is 2.42. The molecule has 0 fully saturated rings. The highest BCUT2D eigenvalue weighted by molar-refractivity contribution is 6.17. The minimum Gasteiger partial charge on any atom is -0.327 e. The number of unbranched alkanes of at least 4 members (excludes halogenated alkanes) is 8. The average molecular weight is 435 g/mol. The second-order valence-electron chi connectivity index (χ2n) is 8.29. The summed E-state index contributed by atoms with van der Waals surface area (Å²) in [6.45, 7) is 11.0. The van der Waals surface area contributed by atoms with Crippen molar-refractivity contribution in [2.75, 3.05) is 25.7 Å². The number of rotatable bonds is 23. The second kappa shape index (κ2) is 21.4. The van der Waals surface area contributed by atoms with E-state index in [0.717, 1.165) is 57.8 Å². The topological polar surface area (TPSA) is 27.7 Å². The lowest BCUT2D eigenvalue weighted by Gasteiger charge is -2.40. The van der Waals surface area contributed by atoms with Crippen LogP contribution >= 0.6 is 11.6 Å². The monoisotopic (exact) mass is 434 g/mol. The van der Waals surface area contributed by atoms with E-state index in [0.29, 0.717) is 25.7 Å².